The normalized spacial score (nSPS) is 11.0. The van der Waals surface area contributed by atoms with Crippen LogP contribution in [0.2, 0.25) is 0 Å². The van der Waals surface area contributed by atoms with E-state index in [1.807, 2.05) is 79.0 Å². The molecule has 0 saturated heterocycles. The van der Waals surface area contributed by atoms with Gasteiger partial charge in [0.05, 0.1) is 11.9 Å². The molecule has 2 aromatic heterocycles. The third-order valence-corrected chi connectivity index (χ3v) is 4.73. The van der Waals surface area contributed by atoms with Crippen LogP contribution in [-0.4, -0.2) is 15.6 Å². The lowest BCUT2D eigenvalue weighted by Gasteiger charge is -2.02. The number of rotatable bonds is 4. The summed E-state index contributed by atoms with van der Waals surface area (Å²) in [5.41, 5.74) is 3.85. The Labute approximate surface area is 161 Å². The number of fused-ring (bicyclic) bond motifs is 1. The summed E-state index contributed by atoms with van der Waals surface area (Å²) in [6, 6.07) is 26.8. The summed E-state index contributed by atoms with van der Waals surface area (Å²) < 4.78 is 7.80. The number of carbonyl (C=O) groups excluding carboxylic acids is 1. The van der Waals surface area contributed by atoms with Crippen molar-refractivity contribution in [1.29, 1.82) is 0 Å². The van der Waals surface area contributed by atoms with Gasteiger partial charge in [-0.1, -0.05) is 66.7 Å². The molecule has 134 valence electrons. The van der Waals surface area contributed by atoms with Crippen LogP contribution in [0.25, 0.3) is 27.8 Å². The van der Waals surface area contributed by atoms with Gasteiger partial charge in [-0.2, -0.15) is 5.10 Å². The van der Waals surface area contributed by atoms with E-state index in [9.17, 15) is 4.79 Å². The van der Waals surface area contributed by atoms with Gasteiger partial charge < -0.3 is 4.42 Å². The Bertz CT molecular complexity index is 1270. The first-order chi connectivity index (χ1) is 13.8. The highest BCUT2D eigenvalue weighted by molar-refractivity contribution is 6.15. The second-order valence-electron chi connectivity index (χ2n) is 6.51. The maximum atomic E-state index is 13.2. The predicted molar refractivity (Wildman–Crippen MR) is 109 cm³/mol. The molecule has 4 nitrogen and oxygen atoms in total. The molecule has 0 aliphatic rings. The number of ketones is 1. The molecular formula is C24H16N2O2. The quantitative estimate of drug-likeness (QED) is 0.395. The van der Waals surface area contributed by atoms with Crippen molar-refractivity contribution in [3.05, 3.63) is 109 Å². The first-order valence-electron chi connectivity index (χ1n) is 9.03. The second kappa shape index (κ2) is 6.67. The molecule has 28 heavy (non-hydrogen) atoms. The first kappa shape index (κ1) is 16.3. The zero-order valence-electron chi connectivity index (χ0n) is 14.9. The largest absolute Gasteiger partial charge is 0.452 e. The highest BCUT2D eigenvalue weighted by atomic mass is 16.3. The smallest absolute Gasteiger partial charge is 0.228 e. The van der Waals surface area contributed by atoms with Crippen molar-refractivity contribution in [2.24, 2.45) is 0 Å². The van der Waals surface area contributed by atoms with Crippen LogP contribution < -0.4 is 0 Å². The lowest BCUT2D eigenvalue weighted by molar-refractivity contribution is 0.101. The number of nitrogens with zero attached hydrogens (tertiary/aromatic N) is 2. The minimum absolute atomic E-state index is 0.140. The molecule has 0 saturated carbocycles. The number of hydrogen-bond acceptors (Lipinski definition) is 3. The Hall–Kier alpha value is -3.92. The first-order valence-corrected chi connectivity index (χ1v) is 9.03. The molecule has 4 heteroatoms. The van der Waals surface area contributed by atoms with Crippen molar-refractivity contribution in [1.82, 2.24) is 9.78 Å². The Balaban J connectivity index is 1.69. The van der Waals surface area contributed by atoms with Crippen LogP contribution in [0.1, 0.15) is 16.1 Å². The summed E-state index contributed by atoms with van der Waals surface area (Å²) >= 11 is 0. The molecule has 2 heterocycles. The summed E-state index contributed by atoms with van der Waals surface area (Å²) in [4.78, 5) is 13.2. The van der Waals surface area contributed by atoms with E-state index >= 15 is 0 Å². The Morgan fingerprint density at radius 2 is 1.50 bits per heavy atom. The van der Waals surface area contributed by atoms with Gasteiger partial charge in [-0.05, 0) is 18.2 Å². The number of hydrogen-bond donors (Lipinski definition) is 0. The Morgan fingerprint density at radius 3 is 2.29 bits per heavy atom. The van der Waals surface area contributed by atoms with E-state index in [1.54, 1.807) is 23.0 Å². The molecule has 0 N–H and O–H groups in total. The molecule has 0 bridgehead atoms. The summed E-state index contributed by atoms with van der Waals surface area (Å²) in [7, 11) is 0. The van der Waals surface area contributed by atoms with E-state index in [1.165, 1.54) is 0 Å². The summed E-state index contributed by atoms with van der Waals surface area (Å²) in [5.74, 6) is 0.194. The minimum atomic E-state index is -0.140. The Morgan fingerprint density at radius 1 is 0.821 bits per heavy atom. The van der Waals surface area contributed by atoms with Crippen LogP contribution in [0.4, 0.5) is 0 Å². The van der Waals surface area contributed by atoms with Crippen molar-refractivity contribution in [3.63, 3.8) is 0 Å². The van der Waals surface area contributed by atoms with Gasteiger partial charge in [0.15, 0.2) is 5.76 Å². The molecule has 0 aliphatic carbocycles. The number of carbonyl (C=O) groups is 1. The fraction of sp³-hybridized carbons (Fsp3) is 0. The van der Waals surface area contributed by atoms with Gasteiger partial charge in [-0.3, -0.25) is 4.79 Å². The highest BCUT2D eigenvalue weighted by Gasteiger charge is 2.23. The average Bonchev–Trinajstić information content (AvgIpc) is 3.39. The van der Waals surface area contributed by atoms with Crippen molar-refractivity contribution in [2.45, 2.75) is 0 Å². The molecule has 5 aromatic rings. The van der Waals surface area contributed by atoms with Gasteiger partial charge >= 0.3 is 0 Å². The monoisotopic (exact) mass is 364 g/mol. The molecule has 0 aliphatic heterocycles. The van der Waals surface area contributed by atoms with Crippen LogP contribution in [-0.2, 0) is 0 Å². The van der Waals surface area contributed by atoms with E-state index < -0.39 is 0 Å². The fourth-order valence-corrected chi connectivity index (χ4v) is 3.39. The van der Waals surface area contributed by atoms with Crippen LogP contribution in [0, 0.1) is 0 Å². The third kappa shape index (κ3) is 2.72. The standard InChI is InChI=1S/C24H16N2O2/c27-23(17-9-3-1-4-10-17)24-22(20-13-7-8-14-21(20)28-24)18-15-25-26(16-18)19-11-5-2-6-12-19/h1-16H. The molecule has 5 rings (SSSR count). The summed E-state index contributed by atoms with van der Waals surface area (Å²) in [6.45, 7) is 0. The molecule has 0 fully saturated rings. The number of benzene rings is 3. The average molecular weight is 364 g/mol. The Kier molecular flexibility index (Phi) is 3.87. The van der Waals surface area contributed by atoms with E-state index in [4.69, 9.17) is 4.42 Å². The SMILES string of the molecule is O=C(c1ccccc1)c1oc2ccccc2c1-c1cnn(-c2ccccc2)c1. The molecule has 0 spiro atoms. The lowest BCUT2D eigenvalue weighted by Crippen LogP contribution is -2.01. The third-order valence-electron chi connectivity index (χ3n) is 4.73. The van der Waals surface area contributed by atoms with Crippen LogP contribution in [0.3, 0.4) is 0 Å². The maximum absolute atomic E-state index is 13.2. The molecule has 0 unspecified atom stereocenters. The van der Waals surface area contributed by atoms with Gasteiger partial charge in [0.2, 0.25) is 5.78 Å². The van der Waals surface area contributed by atoms with Gasteiger partial charge in [0.1, 0.15) is 5.58 Å². The lowest BCUT2D eigenvalue weighted by atomic mass is 10.0. The zero-order chi connectivity index (χ0) is 18.9. The molecule has 0 atom stereocenters. The van der Waals surface area contributed by atoms with Gasteiger partial charge in [0, 0.05) is 28.3 Å². The summed E-state index contributed by atoms with van der Waals surface area (Å²) in [6.07, 6.45) is 3.69. The van der Waals surface area contributed by atoms with Crippen LogP contribution in [0.5, 0.6) is 0 Å². The number of furan rings is 1. The van der Waals surface area contributed by atoms with Crippen molar-refractivity contribution in [3.8, 4) is 16.8 Å². The molecular weight excluding hydrogens is 348 g/mol. The molecule has 0 amide bonds. The van der Waals surface area contributed by atoms with E-state index in [-0.39, 0.29) is 5.78 Å². The fourth-order valence-electron chi connectivity index (χ4n) is 3.39. The molecule has 3 aromatic carbocycles. The van der Waals surface area contributed by atoms with E-state index in [0.717, 1.165) is 22.2 Å². The van der Waals surface area contributed by atoms with Crippen LogP contribution in [0.15, 0.2) is 102 Å². The number of para-hydroxylation sites is 2. The van der Waals surface area contributed by atoms with E-state index in [2.05, 4.69) is 5.10 Å². The van der Waals surface area contributed by atoms with Crippen LogP contribution >= 0.6 is 0 Å². The topological polar surface area (TPSA) is 48.0 Å². The summed E-state index contributed by atoms with van der Waals surface area (Å²) in [5, 5.41) is 5.38. The van der Waals surface area contributed by atoms with Gasteiger partial charge in [0.25, 0.3) is 0 Å². The molecule has 0 radical (unpaired) electrons. The maximum Gasteiger partial charge on any atom is 0.228 e. The van der Waals surface area contributed by atoms with Crippen molar-refractivity contribution in [2.75, 3.05) is 0 Å². The number of aromatic nitrogens is 2. The van der Waals surface area contributed by atoms with Gasteiger partial charge in [-0.25, -0.2) is 4.68 Å². The van der Waals surface area contributed by atoms with E-state index in [0.29, 0.717) is 16.9 Å². The zero-order valence-corrected chi connectivity index (χ0v) is 14.9. The minimum Gasteiger partial charge on any atom is -0.452 e. The van der Waals surface area contributed by atoms with Crippen molar-refractivity contribution < 1.29 is 9.21 Å². The van der Waals surface area contributed by atoms with Gasteiger partial charge in [-0.15, -0.1) is 0 Å². The van der Waals surface area contributed by atoms with Crippen molar-refractivity contribution >= 4 is 16.8 Å². The predicted octanol–water partition coefficient (Wildman–Crippen LogP) is 5.52. The highest BCUT2D eigenvalue weighted by Crippen LogP contribution is 2.36. The second-order valence-corrected chi connectivity index (χ2v) is 6.51.